The number of carbonyl (C=O) groups is 1. The van der Waals surface area contributed by atoms with E-state index in [9.17, 15) is 13.2 Å². The summed E-state index contributed by atoms with van der Waals surface area (Å²) in [5.74, 6) is 0.00122. The molecule has 0 heterocycles. The van der Waals surface area contributed by atoms with Crippen molar-refractivity contribution in [2.45, 2.75) is 39.0 Å². The van der Waals surface area contributed by atoms with E-state index in [4.69, 9.17) is 5.73 Å². The third kappa shape index (κ3) is 4.63. The lowest BCUT2D eigenvalue weighted by molar-refractivity contribution is -0.124. The molecular formula is C11H22N2O3S. The number of nitrogens with one attached hydrogen (secondary N) is 1. The molecule has 1 rings (SSSR count). The zero-order chi connectivity index (χ0) is 12.9. The molecule has 1 amide bonds. The van der Waals surface area contributed by atoms with Gasteiger partial charge in [-0.05, 0) is 44.6 Å². The third-order valence-electron chi connectivity index (χ3n) is 3.28. The number of nitrogens with two attached hydrogens (primary N) is 1. The van der Waals surface area contributed by atoms with Gasteiger partial charge in [-0.1, -0.05) is 6.92 Å². The van der Waals surface area contributed by atoms with Crippen molar-refractivity contribution in [3.05, 3.63) is 0 Å². The maximum atomic E-state index is 11.8. The highest BCUT2D eigenvalue weighted by atomic mass is 32.2. The van der Waals surface area contributed by atoms with Crippen LogP contribution in [0.15, 0.2) is 0 Å². The molecule has 0 bridgehead atoms. The van der Waals surface area contributed by atoms with Crippen LogP contribution in [0.25, 0.3) is 0 Å². The zero-order valence-corrected chi connectivity index (χ0v) is 11.1. The van der Waals surface area contributed by atoms with Gasteiger partial charge in [0.25, 0.3) is 0 Å². The first-order valence-corrected chi connectivity index (χ1v) is 7.88. The molecule has 1 aliphatic rings. The Morgan fingerprint density at radius 2 is 1.88 bits per heavy atom. The van der Waals surface area contributed by atoms with Crippen LogP contribution >= 0.6 is 0 Å². The van der Waals surface area contributed by atoms with Gasteiger partial charge >= 0.3 is 0 Å². The van der Waals surface area contributed by atoms with Gasteiger partial charge < -0.3 is 5.73 Å². The fraction of sp³-hybridized carbons (Fsp3) is 0.909. The van der Waals surface area contributed by atoms with Crippen molar-refractivity contribution >= 4 is 15.9 Å². The average Bonchev–Trinajstić information content (AvgIpc) is 2.28. The summed E-state index contributed by atoms with van der Waals surface area (Å²) in [5, 5.41) is 0. The highest BCUT2D eigenvalue weighted by Gasteiger charge is 2.27. The molecule has 100 valence electrons. The number of rotatable bonds is 5. The Labute approximate surface area is 103 Å². The van der Waals surface area contributed by atoms with Crippen molar-refractivity contribution in [2.75, 3.05) is 12.3 Å². The van der Waals surface area contributed by atoms with Gasteiger partial charge in [0.2, 0.25) is 15.9 Å². The molecule has 0 spiro atoms. The van der Waals surface area contributed by atoms with Crippen LogP contribution in [0.4, 0.5) is 0 Å². The highest BCUT2D eigenvalue weighted by molar-refractivity contribution is 7.90. The summed E-state index contributed by atoms with van der Waals surface area (Å²) < 4.78 is 25.1. The fourth-order valence-corrected chi connectivity index (χ4v) is 3.33. The summed E-state index contributed by atoms with van der Waals surface area (Å²) in [4.78, 5) is 11.8. The van der Waals surface area contributed by atoms with Crippen LogP contribution in [0.3, 0.4) is 0 Å². The molecule has 6 heteroatoms. The molecule has 1 fully saturated rings. The third-order valence-corrected chi connectivity index (χ3v) is 4.74. The smallest absolute Gasteiger partial charge is 0.236 e. The average molecular weight is 262 g/mol. The lowest BCUT2D eigenvalue weighted by atomic mass is 9.82. The molecule has 1 aliphatic carbocycles. The van der Waals surface area contributed by atoms with Gasteiger partial charge in [0.15, 0.2) is 0 Å². The van der Waals surface area contributed by atoms with Crippen LogP contribution in [0.2, 0.25) is 0 Å². The van der Waals surface area contributed by atoms with Crippen molar-refractivity contribution in [3.63, 3.8) is 0 Å². The van der Waals surface area contributed by atoms with Crippen LogP contribution < -0.4 is 10.5 Å². The maximum Gasteiger partial charge on any atom is 0.236 e. The summed E-state index contributed by atoms with van der Waals surface area (Å²) in [5.41, 5.74) is 5.57. The van der Waals surface area contributed by atoms with Crippen LogP contribution in [-0.2, 0) is 14.8 Å². The molecule has 0 aliphatic heterocycles. The lowest BCUT2D eigenvalue weighted by Crippen LogP contribution is -2.38. The molecule has 3 N–H and O–H groups in total. The largest absolute Gasteiger partial charge is 0.330 e. The second-order valence-corrected chi connectivity index (χ2v) is 6.58. The molecule has 17 heavy (non-hydrogen) atoms. The Morgan fingerprint density at radius 3 is 2.35 bits per heavy atom. The van der Waals surface area contributed by atoms with Crippen LogP contribution in [0.5, 0.6) is 0 Å². The predicted molar refractivity (Wildman–Crippen MR) is 66.7 cm³/mol. The van der Waals surface area contributed by atoms with Crippen molar-refractivity contribution in [1.29, 1.82) is 0 Å². The Hall–Kier alpha value is -0.620. The minimum Gasteiger partial charge on any atom is -0.330 e. The lowest BCUT2D eigenvalue weighted by Gasteiger charge is -2.26. The number of sulfonamides is 1. The van der Waals surface area contributed by atoms with Crippen molar-refractivity contribution in [3.8, 4) is 0 Å². The van der Waals surface area contributed by atoms with Crippen molar-refractivity contribution < 1.29 is 13.2 Å². The summed E-state index contributed by atoms with van der Waals surface area (Å²) in [7, 11) is -3.42. The second kappa shape index (κ2) is 6.35. The number of hydrogen-bond donors (Lipinski definition) is 2. The predicted octanol–water partition coefficient (Wildman–Crippen LogP) is 0.608. The molecule has 5 nitrogen and oxygen atoms in total. The number of carbonyl (C=O) groups excluding carboxylic acids is 1. The summed E-state index contributed by atoms with van der Waals surface area (Å²) in [6.07, 6.45) is 3.85. The molecular weight excluding hydrogens is 240 g/mol. The normalized spacial score (nSPS) is 25.5. The first-order chi connectivity index (χ1) is 7.98. The van der Waals surface area contributed by atoms with Gasteiger partial charge in [-0.15, -0.1) is 0 Å². The minimum absolute atomic E-state index is 0.0108. The number of hydrogen-bond acceptors (Lipinski definition) is 4. The standard InChI is InChI=1S/C11H22N2O3S/c1-2-7-17(15,16)13-11(14)10-5-3-9(8-12)4-6-10/h9-10H,2-8,12H2,1H3,(H,13,14). The molecule has 0 aromatic rings. The van der Waals surface area contributed by atoms with Gasteiger partial charge in [0.05, 0.1) is 5.75 Å². The Morgan fingerprint density at radius 1 is 1.29 bits per heavy atom. The highest BCUT2D eigenvalue weighted by Crippen LogP contribution is 2.28. The van der Waals surface area contributed by atoms with Crippen molar-refractivity contribution in [1.82, 2.24) is 4.72 Å². The van der Waals surface area contributed by atoms with E-state index in [0.717, 1.165) is 25.7 Å². The summed E-state index contributed by atoms with van der Waals surface area (Å²) >= 11 is 0. The Balaban J connectivity index is 2.44. The monoisotopic (exact) mass is 262 g/mol. The van der Waals surface area contributed by atoms with E-state index in [2.05, 4.69) is 4.72 Å². The quantitative estimate of drug-likeness (QED) is 0.759. The maximum absolute atomic E-state index is 11.8. The van der Waals surface area contributed by atoms with Gasteiger partial charge in [-0.2, -0.15) is 0 Å². The SMILES string of the molecule is CCCS(=O)(=O)NC(=O)C1CCC(CN)CC1. The zero-order valence-electron chi connectivity index (χ0n) is 10.3. The van der Waals surface area contributed by atoms with E-state index >= 15 is 0 Å². The van der Waals surface area contributed by atoms with Crippen LogP contribution in [0, 0.1) is 11.8 Å². The molecule has 0 aromatic heterocycles. The van der Waals surface area contributed by atoms with E-state index in [-0.39, 0.29) is 17.6 Å². The van der Waals surface area contributed by atoms with E-state index in [0.29, 0.717) is 18.9 Å². The topological polar surface area (TPSA) is 89.3 Å². The molecule has 0 radical (unpaired) electrons. The fourth-order valence-electron chi connectivity index (χ4n) is 2.22. The van der Waals surface area contributed by atoms with Crippen molar-refractivity contribution in [2.24, 2.45) is 17.6 Å². The van der Waals surface area contributed by atoms with Gasteiger partial charge in [-0.25, -0.2) is 8.42 Å². The van der Waals surface area contributed by atoms with Gasteiger partial charge in [0, 0.05) is 5.92 Å². The van der Waals surface area contributed by atoms with Gasteiger partial charge in [-0.3, -0.25) is 9.52 Å². The second-order valence-electron chi connectivity index (χ2n) is 4.74. The molecule has 0 saturated heterocycles. The van der Waals surface area contributed by atoms with E-state index in [1.807, 2.05) is 0 Å². The first-order valence-electron chi connectivity index (χ1n) is 6.23. The molecule has 0 unspecified atom stereocenters. The van der Waals surface area contributed by atoms with Gasteiger partial charge in [0.1, 0.15) is 0 Å². The molecule has 0 aromatic carbocycles. The number of amides is 1. The first kappa shape index (κ1) is 14.4. The van der Waals surface area contributed by atoms with Crippen LogP contribution in [-0.4, -0.2) is 26.6 Å². The molecule has 0 atom stereocenters. The van der Waals surface area contributed by atoms with E-state index in [1.165, 1.54) is 0 Å². The summed E-state index contributed by atoms with van der Waals surface area (Å²) in [6, 6.07) is 0. The molecule has 1 saturated carbocycles. The van der Waals surface area contributed by atoms with E-state index < -0.39 is 10.0 Å². The summed E-state index contributed by atoms with van der Waals surface area (Å²) in [6.45, 7) is 2.43. The van der Waals surface area contributed by atoms with E-state index in [1.54, 1.807) is 6.92 Å². The Kier molecular flexibility index (Phi) is 5.39. The minimum atomic E-state index is -3.42. The van der Waals surface area contributed by atoms with Crippen LogP contribution in [0.1, 0.15) is 39.0 Å². The Bertz CT molecular complexity index is 346.